The summed E-state index contributed by atoms with van der Waals surface area (Å²) in [7, 11) is -4.79. The van der Waals surface area contributed by atoms with E-state index in [1.54, 1.807) is 12.2 Å². The molecule has 9 heteroatoms. The Kier molecular flexibility index (Phi) is 36.4. The molecule has 2 N–H and O–H groups in total. The van der Waals surface area contributed by atoms with Crippen LogP contribution < -0.4 is 0 Å². The summed E-state index contributed by atoms with van der Waals surface area (Å²) < 4.78 is 26.1. The first-order chi connectivity index (χ1) is 25.3. The van der Waals surface area contributed by atoms with Crippen LogP contribution in [0.15, 0.2) is 72.9 Å². The zero-order valence-corrected chi connectivity index (χ0v) is 33.6. The molecule has 0 aromatic rings. The molecule has 8 nitrogen and oxygen atoms in total. The van der Waals surface area contributed by atoms with Crippen LogP contribution in [0.1, 0.15) is 168 Å². The van der Waals surface area contributed by atoms with E-state index < -0.39 is 32.5 Å². The Labute approximate surface area is 317 Å². The number of esters is 2. The van der Waals surface area contributed by atoms with E-state index in [0.29, 0.717) is 6.42 Å². The van der Waals surface area contributed by atoms with Crippen molar-refractivity contribution in [3.05, 3.63) is 72.9 Å². The third-order valence-corrected chi connectivity index (χ3v) is 8.79. The van der Waals surface area contributed by atoms with Crippen molar-refractivity contribution in [3.63, 3.8) is 0 Å². The van der Waals surface area contributed by atoms with E-state index in [4.69, 9.17) is 19.3 Å². The van der Waals surface area contributed by atoms with Gasteiger partial charge in [-0.05, 0) is 64.2 Å². The predicted molar refractivity (Wildman–Crippen MR) is 216 cm³/mol. The Hall–Kier alpha value is -2.51. The molecule has 298 valence electrons. The van der Waals surface area contributed by atoms with Crippen molar-refractivity contribution in [1.82, 2.24) is 0 Å². The zero-order valence-electron chi connectivity index (χ0n) is 32.7. The molecule has 1 atom stereocenters. The molecular weight excluding hydrogens is 675 g/mol. The first-order valence-corrected chi connectivity index (χ1v) is 21.8. The summed E-state index contributed by atoms with van der Waals surface area (Å²) >= 11 is 0. The number of rotatable bonds is 36. The van der Waals surface area contributed by atoms with Gasteiger partial charge >= 0.3 is 19.8 Å². The van der Waals surface area contributed by atoms with Crippen LogP contribution in [0.3, 0.4) is 0 Å². The van der Waals surface area contributed by atoms with Crippen molar-refractivity contribution in [2.24, 2.45) is 0 Å². The highest BCUT2D eigenvalue weighted by atomic mass is 31.2. The quantitative estimate of drug-likeness (QED) is 0.0162. The fraction of sp³-hybridized carbons (Fsp3) is 0.674. The molecule has 0 rings (SSSR count). The molecule has 0 saturated heterocycles. The van der Waals surface area contributed by atoms with Gasteiger partial charge in [0.05, 0.1) is 6.61 Å². The number of hydrogen-bond donors (Lipinski definition) is 2. The Morgan fingerprint density at radius 2 is 1.00 bits per heavy atom. The Balaban J connectivity index is 4.11. The van der Waals surface area contributed by atoms with Crippen molar-refractivity contribution >= 4 is 19.8 Å². The number of ether oxygens (including phenoxy) is 2. The van der Waals surface area contributed by atoms with Gasteiger partial charge in [0.15, 0.2) is 6.10 Å². The Bertz CT molecular complexity index is 1070. The minimum atomic E-state index is -4.79. The fourth-order valence-corrected chi connectivity index (χ4v) is 5.62. The zero-order chi connectivity index (χ0) is 38.2. The molecule has 0 radical (unpaired) electrons. The normalized spacial score (nSPS) is 13.2. The smallest absolute Gasteiger partial charge is 0.462 e. The van der Waals surface area contributed by atoms with Crippen LogP contribution in [0.2, 0.25) is 0 Å². The minimum Gasteiger partial charge on any atom is -0.462 e. The number of hydrogen-bond acceptors (Lipinski definition) is 6. The molecule has 0 unspecified atom stereocenters. The summed E-state index contributed by atoms with van der Waals surface area (Å²) in [5, 5.41) is 0. The van der Waals surface area contributed by atoms with E-state index in [-0.39, 0.29) is 13.0 Å². The molecule has 0 aliphatic heterocycles. The number of carbonyl (C=O) groups is 2. The van der Waals surface area contributed by atoms with E-state index >= 15 is 0 Å². The summed E-state index contributed by atoms with van der Waals surface area (Å²) in [6.07, 6.45) is 49.7. The number of allylic oxidation sites excluding steroid dienone is 11. The highest BCUT2D eigenvalue weighted by Gasteiger charge is 2.22. The minimum absolute atomic E-state index is 0.207. The van der Waals surface area contributed by atoms with Crippen molar-refractivity contribution in [3.8, 4) is 0 Å². The van der Waals surface area contributed by atoms with E-state index in [9.17, 15) is 14.2 Å². The van der Waals surface area contributed by atoms with Crippen LogP contribution in [-0.4, -0.2) is 41.0 Å². The van der Waals surface area contributed by atoms with Gasteiger partial charge < -0.3 is 19.3 Å². The summed E-state index contributed by atoms with van der Waals surface area (Å²) in [5.74, 6) is -1.18. The highest BCUT2D eigenvalue weighted by molar-refractivity contribution is 7.46. The van der Waals surface area contributed by atoms with Crippen molar-refractivity contribution in [2.75, 3.05) is 13.2 Å². The van der Waals surface area contributed by atoms with E-state index in [1.807, 2.05) is 6.08 Å². The summed E-state index contributed by atoms with van der Waals surface area (Å²) in [6.45, 7) is 3.52. The molecular formula is C43H73O8P. The van der Waals surface area contributed by atoms with Gasteiger partial charge in [0.25, 0.3) is 0 Å². The molecule has 0 heterocycles. The number of carbonyl (C=O) groups excluding carboxylic acids is 2. The van der Waals surface area contributed by atoms with Crippen LogP contribution >= 0.6 is 7.82 Å². The first-order valence-electron chi connectivity index (χ1n) is 20.3. The van der Waals surface area contributed by atoms with Gasteiger partial charge in [0, 0.05) is 12.5 Å². The lowest BCUT2D eigenvalue weighted by molar-refractivity contribution is -0.157. The van der Waals surface area contributed by atoms with Crippen LogP contribution in [0.4, 0.5) is 0 Å². The topological polar surface area (TPSA) is 119 Å². The van der Waals surface area contributed by atoms with Gasteiger partial charge in [-0.25, -0.2) is 9.36 Å². The maximum atomic E-state index is 12.3. The summed E-state index contributed by atoms with van der Waals surface area (Å²) in [5.41, 5.74) is 0. The average molecular weight is 749 g/mol. The lowest BCUT2D eigenvalue weighted by atomic mass is 10.1. The molecule has 0 amide bonds. The third kappa shape index (κ3) is 40.3. The molecule has 52 heavy (non-hydrogen) atoms. The van der Waals surface area contributed by atoms with E-state index in [1.165, 1.54) is 96.0 Å². The van der Waals surface area contributed by atoms with Gasteiger partial charge in [-0.2, -0.15) is 0 Å². The van der Waals surface area contributed by atoms with Gasteiger partial charge in [0.2, 0.25) is 0 Å². The fourth-order valence-electron chi connectivity index (χ4n) is 5.26. The molecule has 0 aliphatic rings. The first kappa shape index (κ1) is 49.5. The molecule has 0 saturated carbocycles. The number of unbranched alkanes of at least 4 members (excludes halogenated alkanes) is 17. The lowest BCUT2D eigenvalue weighted by Crippen LogP contribution is -2.29. The second kappa shape index (κ2) is 38.2. The molecule has 0 spiro atoms. The van der Waals surface area contributed by atoms with Gasteiger partial charge in [-0.3, -0.25) is 9.32 Å². The van der Waals surface area contributed by atoms with Crippen molar-refractivity contribution in [1.29, 1.82) is 0 Å². The van der Waals surface area contributed by atoms with Crippen LogP contribution in [-0.2, 0) is 28.2 Å². The molecule has 0 fully saturated rings. The second-order valence-corrected chi connectivity index (χ2v) is 14.6. The highest BCUT2D eigenvalue weighted by Crippen LogP contribution is 2.35. The summed E-state index contributed by atoms with van der Waals surface area (Å²) in [6, 6.07) is 0. The monoisotopic (exact) mass is 749 g/mol. The molecule has 0 bridgehead atoms. The second-order valence-electron chi connectivity index (χ2n) is 13.3. The maximum Gasteiger partial charge on any atom is 0.469 e. The van der Waals surface area contributed by atoms with E-state index in [2.05, 4.69) is 67.0 Å². The molecule has 0 aromatic carbocycles. The molecule has 0 aromatic heterocycles. The SMILES string of the molecule is CCCCC/C=C/C/C=C/C/C=C/C/C=C/CCCCCC(=O)OC[C@H](COP(=O)(O)O)OC(=O)/C=C/C=C/CCCCCCCCCCCCC. The standard InChI is InChI=1S/C43H73O8P/c1-3-5-7-9-11-13-15-17-19-20-21-22-24-25-27-29-31-33-35-37-42(44)49-39-41(40-50-52(46,47)48)51-43(45)38-36-34-32-30-28-26-23-18-16-14-12-10-8-6-4-2/h11,13,17,19,21-22,25,27,32,34,36,38,41H,3-10,12,14-16,18,20,23-24,26,28-31,33,35,37,39-40H2,1-2H3,(H2,46,47,48)/b13-11+,19-17+,22-21+,27-25+,34-32+,38-36+/t41-/m1/s1. The van der Waals surface area contributed by atoms with E-state index in [0.717, 1.165) is 51.4 Å². The number of phosphoric acid groups is 1. The van der Waals surface area contributed by atoms with Crippen LogP contribution in [0, 0.1) is 0 Å². The van der Waals surface area contributed by atoms with Gasteiger partial charge in [-0.15, -0.1) is 0 Å². The summed E-state index contributed by atoms with van der Waals surface area (Å²) in [4.78, 5) is 42.6. The maximum absolute atomic E-state index is 12.3. The van der Waals surface area contributed by atoms with Crippen molar-refractivity contribution in [2.45, 2.75) is 174 Å². The largest absolute Gasteiger partial charge is 0.469 e. The Morgan fingerprint density at radius 3 is 1.54 bits per heavy atom. The molecule has 0 aliphatic carbocycles. The van der Waals surface area contributed by atoms with Gasteiger partial charge in [0.1, 0.15) is 6.61 Å². The van der Waals surface area contributed by atoms with Crippen LogP contribution in [0.25, 0.3) is 0 Å². The third-order valence-electron chi connectivity index (χ3n) is 8.30. The average Bonchev–Trinajstić information content (AvgIpc) is 3.11. The number of phosphoric ester groups is 1. The van der Waals surface area contributed by atoms with Gasteiger partial charge in [-0.1, -0.05) is 164 Å². The predicted octanol–water partition coefficient (Wildman–Crippen LogP) is 12.3. The van der Waals surface area contributed by atoms with Crippen LogP contribution in [0.5, 0.6) is 0 Å². The Morgan fingerprint density at radius 1 is 0.558 bits per heavy atom. The van der Waals surface area contributed by atoms with Crippen molar-refractivity contribution < 1.29 is 37.9 Å². The lowest BCUT2D eigenvalue weighted by Gasteiger charge is -2.17.